The van der Waals surface area contributed by atoms with Gasteiger partial charge in [0.05, 0.1) is 16.8 Å². The Morgan fingerprint density at radius 3 is 2.30 bits per heavy atom. The Kier molecular flexibility index (Phi) is 7.08. The van der Waals surface area contributed by atoms with E-state index in [-0.39, 0.29) is 17.2 Å². The van der Waals surface area contributed by atoms with Gasteiger partial charge in [0.2, 0.25) is 5.91 Å². The van der Waals surface area contributed by atoms with Crippen LogP contribution in [0.15, 0.2) is 70.6 Å². The van der Waals surface area contributed by atoms with Gasteiger partial charge in [-0.25, -0.2) is 4.98 Å². The second-order valence-corrected chi connectivity index (χ2v) is 11.8. The van der Waals surface area contributed by atoms with E-state index < -0.39 is 0 Å². The van der Waals surface area contributed by atoms with Gasteiger partial charge >= 0.3 is 0 Å². The lowest BCUT2D eigenvalue weighted by molar-refractivity contribution is -0.113. The molecule has 0 radical (unpaired) electrons. The highest BCUT2D eigenvalue weighted by Gasteiger charge is 2.20. The van der Waals surface area contributed by atoms with E-state index in [2.05, 4.69) is 11.4 Å². The number of anilines is 1. The topological polar surface area (TPSA) is 92.7 Å². The molecular weight excluding hydrogens is 543 g/mol. The Morgan fingerprint density at radius 2 is 1.68 bits per heavy atom. The van der Waals surface area contributed by atoms with Crippen LogP contribution in [0.1, 0.15) is 15.3 Å². The summed E-state index contributed by atoms with van der Waals surface area (Å²) in [5.41, 5.74) is 2.18. The molecule has 0 aliphatic carbocycles. The van der Waals surface area contributed by atoms with E-state index in [4.69, 9.17) is 17.2 Å². The number of para-hydroxylation sites is 2. The molecule has 1 N–H and O–H groups in total. The van der Waals surface area contributed by atoms with E-state index in [1.807, 2.05) is 74.5 Å². The molecule has 1 amide bonds. The summed E-state index contributed by atoms with van der Waals surface area (Å²) >= 11 is 9.24. The summed E-state index contributed by atoms with van der Waals surface area (Å²) < 4.78 is 3.69. The molecule has 0 aliphatic rings. The molecule has 5 rings (SSSR count). The van der Waals surface area contributed by atoms with E-state index in [9.17, 15) is 14.9 Å². The third kappa shape index (κ3) is 4.76. The first-order chi connectivity index (χ1) is 17.9. The number of carbonyl (C=O) groups is 1. The van der Waals surface area contributed by atoms with Crippen LogP contribution in [0.3, 0.4) is 0 Å². The predicted molar refractivity (Wildman–Crippen MR) is 153 cm³/mol. The molecular formula is C26H19N5O2S4. The normalized spacial score (nSPS) is 10.9. The lowest BCUT2D eigenvalue weighted by Crippen LogP contribution is -2.23. The number of nitrogens with one attached hydrogen (secondary N) is 1. The molecule has 3 aromatic heterocycles. The summed E-state index contributed by atoms with van der Waals surface area (Å²) in [6.45, 7) is 3.90. The van der Waals surface area contributed by atoms with Crippen molar-refractivity contribution in [3.63, 3.8) is 0 Å². The Balaban J connectivity index is 1.49. The summed E-state index contributed by atoms with van der Waals surface area (Å²) in [7, 11) is 0. The molecule has 2 aromatic carbocycles. The van der Waals surface area contributed by atoms with Crippen LogP contribution in [-0.4, -0.2) is 25.8 Å². The number of thiophene rings is 1. The average molecular weight is 562 g/mol. The second-order valence-electron chi connectivity index (χ2n) is 8.00. The van der Waals surface area contributed by atoms with Gasteiger partial charge < -0.3 is 5.32 Å². The molecule has 11 heteroatoms. The Labute approximate surface area is 229 Å². The van der Waals surface area contributed by atoms with E-state index in [1.54, 1.807) is 9.13 Å². The molecule has 7 nitrogen and oxygen atoms in total. The number of nitriles is 1. The predicted octanol–water partition coefficient (Wildman–Crippen LogP) is 6.25. The minimum Gasteiger partial charge on any atom is -0.309 e. The zero-order valence-electron chi connectivity index (χ0n) is 19.7. The molecule has 0 bridgehead atoms. The lowest BCUT2D eigenvalue weighted by atomic mass is 10.2. The number of thioether (sulfide) groups is 1. The first kappa shape index (κ1) is 25.1. The van der Waals surface area contributed by atoms with Gasteiger partial charge in [0.25, 0.3) is 5.56 Å². The van der Waals surface area contributed by atoms with Gasteiger partial charge in [-0.15, -0.1) is 11.3 Å². The minimum absolute atomic E-state index is 0.0175. The monoisotopic (exact) mass is 561 g/mol. The van der Waals surface area contributed by atoms with E-state index >= 15 is 0 Å². The molecule has 0 saturated heterocycles. The van der Waals surface area contributed by atoms with Crippen molar-refractivity contribution < 1.29 is 4.79 Å². The fourth-order valence-electron chi connectivity index (χ4n) is 3.85. The molecule has 37 heavy (non-hydrogen) atoms. The number of fused-ring (bicyclic) bond motifs is 1. The number of rotatable bonds is 6. The SMILES string of the molecule is Cc1sc2nc(SCC(=O)Nc3c(C#N)sc(=S)n3-c3ccccc3)n(-c3ccccc3)c(=O)c2c1C. The standard InChI is InChI=1S/C26H19N5O2S4/c1-15-16(2)36-23-21(15)24(33)31(18-11-7-4-8-12-18)25(29-23)35-14-20(32)28-22-19(13-27)37-26(34)30(22)17-9-5-3-6-10-17/h3-12H,14H2,1-2H3,(H,28,32). The maximum atomic E-state index is 13.6. The number of aryl methyl sites for hydroxylation is 2. The van der Waals surface area contributed by atoms with Crippen LogP contribution < -0.4 is 10.9 Å². The second kappa shape index (κ2) is 10.4. The Morgan fingerprint density at radius 1 is 1.05 bits per heavy atom. The third-order valence-electron chi connectivity index (χ3n) is 5.70. The van der Waals surface area contributed by atoms with Crippen LogP contribution in [0.25, 0.3) is 21.6 Å². The van der Waals surface area contributed by atoms with Gasteiger partial charge in [0, 0.05) is 10.6 Å². The molecule has 0 unspecified atom stereocenters. The first-order valence-corrected chi connectivity index (χ1v) is 14.1. The fraction of sp³-hybridized carbons (Fsp3) is 0.115. The first-order valence-electron chi connectivity index (χ1n) is 11.1. The number of hydrogen-bond acceptors (Lipinski definition) is 8. The van der Waals surface area contributed by atoms with Crippen molar-refractivity contribution in [1.29, 1.82) is 5.26 Å². The number of hydrogen-bond donors (Lipinski definition) is 1. The van der Waals surface area contributed by atoms with Gasteiger partial charge in [0.15, 0.2) is 9.11 Å². The van der Waals surface area contributed by atoms with Crippen molar-refractivity contribution in [2.75, 3.05) is 11.1 Å². The van der Waals surface area contributed by atoms with Crippen LogP contribution in [0, 0.1) is 29.1 Å². The zero-order valence-corrected chi connectivity index (χ0v) is 23.0. The van der Waals surface area contributed by atoms with Gasteiger partial charge in [-0.3, -0.25) is 18.7 Å². The van der Waals surface area contributed by atoms with Gasteiger partial charge in [-0.1, -0.05) is 59.5 Å². The Bertz CT molecular complexity index is 1790. The van der Waals surface area contributed by atoms with Crippen molar-refractivity contribution in [2.45, 2.75) is 19.0 Å². The third-order valence-corrected chi connectivity index (χ3v) is 9.02. The van der Waals surface area contributed by atoms with Crippen LogP contribution >= 0.6 is 46.7 Å². The summed E-state index contributed by atoms with van der Waals surface area (Å²) in [5.74, 6) is -0.0229. The highest BCUT2D eigenvalue weighted by molar-refractivity contribution is 7.99. The summed E-state index contributed by atoms with van der Waals surface area (Å²) in [4.78, 5) is 33.4. The molecule has 5 aromatic rings. The quantitative estimate of drug-likeness (QED) is 0.150. The highest BCUT2D eigenvalue weighted by Crippen LogP contribution is 2.31. The van der Waals surface area contributed by atoms with Crippen molar-refractivity contribution >= 4 is 68.6 Å². The van der Waals surface area contributed by atoms with Crippen LogP contribution in [0.2, 0.25) is 0 Å². The average Bonchev–Trinajstić information content (AvgIpc) is 3.38. The highest BCUT2D eigenvalue weighted by atomic mass is 32.2. The van der Waals surface area contributed by atoms with E-state index in [0.29, 0.717) is 35.7 Å². The van der Waals surface area contributed by atoms with Crippen LogP contribution in [0.4, 0.5) is 5.82 Å². The van der Waals surface area contributed by atoms with E-state index in [1.165, 1.54) is 23.1 Å². The maximum absolute atomic E-state index is 13.6. The maximum Gasteiger partial charge on any atom is 0.267 e. The van der Waals surface area contributed by atoms with Gasteiger partial charge in [-0.2, -0.15) is 5.26 Å². The lowest BCUT2D eigenvalue weighted by Gasteiger charge is -2.13. The molecule has 0 fully saturated rings. The van der Waals surface area contributed by atoms with Crippen molar-refractivity contribution in [3.8, 4) is 17.4 Å². The molecule has 3 heterocycles. The summed E-state index contributed by atoms with van der Waals surface area (Å²) in [5, 5.41) is 13.5. The minimum atomic E-state index is -0.341. The molecule has 184 valence electrons. The summed E-state index contributed by atoms with van der Waals surface area (Å²) in [6, 6.07) is 20.7. The van der Waals surface area contributed by atoms with Gasteiger partial charge in [-0.05, 0) is 55.9 Å². The van der Waals surface area contributed by atoms with E-state index in [0.717, 1.165) is 27.5 Å². The number of thiazole rings is 1. The largest absolute Gasteiger partial charge is 0.309 e. The summed E-state index contributed by atoms with van der Waals surface area (Å²) in [6.07, 6.45) is 0. The smallest absolute Gasteiger partial charge is 0.267 e. The number of carbonyl (C=O) groups excluding carboxylic acids is 1. The number of benzene rings is 2. The molecule has 0 atom stereocenters. The number of amides is 1. The molecule has 0 spiro atoms. The van der Waals surface area contributed by atoms with Crippen molar-refractivity contribution in [2.24, 2.45) is 0 Å². The zero-order chi connectivity index (χ0) is 26.1. The molecule has 0 saturated carbocycles. The number of nitrogens with zero attached hydrogens (tertiary/aromatic N) is 4. The van der Waals surface area contributed by atoms with Crippen molar-refractivity contribution in [3.05, 3.63) is 90.3 Å². The number of aromatic nitrogens is 3. The molecule has 0 aliphatic heterocycles. The van der Waals surface area contributed by atoms with Crippen LogP contribution in [-0.2, 0) is 4.79 Å². The van der Waals surface area contributed by atoms with Crippen molar-refractivity contribution in [1.82, 2.24) is 14.1 Å². The fourth-order valence-corrected chi connectivity index (χ4v) is 6.93. The van der Waals surface area contributed by atoms with Crippen LogP contribution in [0.5, 0.6) is 0 Å². The van der Waals surface area contributed by atoms with Gasteiger partial charge in [0.1, 0.15) is 21.6 Å². The Hall–Kier alpha value is -3.56.